The van der Waals surface area contributed by atoms with Gasteiger partial charge in [-0.1, -0.05) is 24.3 Å². The zero-order valence-electron chi connectivity index (χ0n) is 18.8. The van der Waals surface area contributed by atoms with Gasteiger partial charge in [0.2, 0.25) is 0 Å². The summed E-state index contributed by atoms with van der Waals surface area (Å²) >= 11 is 0. The predicted octanol–water partition coefficient (Wildman–Crippen LogP) is 5.64. The third-order valence-electron chi connectivity index (χ3n) is 5.47. The Balaban J connectivity index is 1.70. The number of benzene rings is 2. The fourth-order valence-corrected chi connectivity index (χ4v) is 3.73. The average molecular weight is 425 g/mol. The quantitative estimate of drug-likeness (QED) is 0.307. The molecule has 0 aliphatic heterocycles. The van der Waals surface area contributed by atoms with E-state index in [0.717, 1.165) is 56.7 Å². The highest BCUT2D eigenvalue weighted by Crippen LogP contribution is 2.31. The Kier molecular flexibility index (Phi) is 6.22. The molecule has 0 aliphatic rings. The van der Waals surface area contributed by atoms with Crippen molar-refractivity contribution in [1.82, 2.24) is 9.97 Å². The molecule has 0 bridgehead atoms. The fourth-order valence-electron chi connectivity index (χ4n) is 3.73. The van der Waals surface area contributed by atoms with Gasteiger partial charge in [-0.3, -0.25) is 0 Å². The summed E-state index contributed by atoms with van der Waals surface area (Å²) in [5.74, 6) is 0. The Morgan fingerprint density at radius 1 is 0.438 bits per heavy atom. The van der Waals surface area contributed by atoms with Crippen molar-refractivity contribution in [2.75, 3.05) is 49.5 Å². The Morgan fingerprint density at radius 2 is 0.812 bits per heavy atom. The number of nitrogens with one attached hydrogen (secondary N) is 4. The standard InChI is InChI=1S/C26H28N6/c1-27-21-13-11-17(15-25(21)29-3)19-7-5-9-23(31-19)24-10-6-8-20(32-24)18-12-14-22(28-2)26(16-18)30-4/h5-16,27-30H,1-4H3. The zero-order chi connectivity index (χ0) is 22.5. The minimum absolute atomic E-state index is 0.841. The van der Waals surface area contributed by atoms with Gasteiger partial charge in [-0.15, -0.1) is 0 Å². The summed E-state index contributed by atoms with van der Waals surface area (Å²) in [6.07, 6.45) is 0. The van der Waals surface area contributed by atoms with Gasteiger partial charge < -0.3 is 21.3 Å². The lowest BCUT2D eigenvalue weighted by atomic mass is 10.1. The van der Waals surface area contributed by atoms with Gasteiger partial charge in [-0.05, 0) is 48.5 Å². The third kappa shape index (κ3) is 4.21. The Bertz CT molecular complexity index is 1140. The summed E-state index contributed by atoms with van der Waals surface area (Å²) in [4.78, 5) is 9.81. The van der Waals surface area contributed by atoms with Crippen LogP contribution in [0.1, 0.15) is 0 Å². The van der Waals surface area contributed by atoms with Crippen molar-refractivity contribution < 1.29 is 0 Å². The molecule has 2 aromatic carbocycles. The molecule has 2 heterocycles. The van der Waals surface area contributed by atoms with E-state index < -0.39 is 0 Å². The van der Waals surface area contributed by atoms with Crippen molar-refractivity contribution in [3.8, 4) is 33.9 Å². The molecule has 32 heavy (non-hydrogen) atoms. The van der Waals surface area contributed by atoms with Gasteiger partial charge in [0, 0.05) is 39.3 Å². The van der Waals surface area contributed by atoms with E-state index >= 15 is 0 Å². The minimum Gasteiger partial charge on any atom is -0.386 e. The lowest BCUT2D eigenvalue weighted by Gasteiger charge is -2.12. The summed E-state index contributed by atoms with van der Waals surface area (Å²) in [5, 5.41) is 12.9. The van der Waals surface area contributed by atoms with Crippen LogP contribution in [0.15, 0.2) is 72.8 Å². The minimum atomic E-state index is 0.841. The lowest BCUT2D eigenvalue weighted by Crippen LogP contribution is -1.98. The fraction of sp³-hybridized carbons (Fsp3) is 0.154. The van der Waals surface area contributed by atoms with Crippen LogP contribution in [0, 0.1) is 0 Å². The molecule has 0 saturated heterocycles. The molecule has 0 saturated carbocycles. The molecule has 4 rings (SSSR count). The highest BCUT2D eigenvalue weighted by atomic mass is 14.9. The third-order valence-corrected chi connectivity index (χ3v) is 5.47. The van der Waals surface area contributed by atoms with Gasteiger partial charge in [0.25, 0.3) is 0 Å². The monoisotopic (exact) mass is 424 g/mol. The van der Waals surface area contributed by atoms with Crippen LogP contribution in [0.2, 0.25) is 0 Å². The maximum Gasteiger partial charge on any atom is 0.0893 e. The van der Waals surface area contributed by atoms with Crippen LogP contribution in [-0.4, -0.2) is 38.2 Å². The molecule has 0 unspecified atom stereocenters. The van der Waals surface area contributed by atoms with E-state index in [9.17, 15) is 0 Å². The summed E-state index contributed by atoms with van der Waals surface area (Å²) in [6, 6.07) is 24.6. The molecular weight excluding hydrogens is 396 g/mol. The molecule has 0 atom stereocenters. The highest BCUT2D eigenvalue weighted by molar-refractivity contribution is 5.78. The number of pyridine rings is 2. The number of aromatic nitrogens is 2. The normalized spacial score (nSPS) is 10.5. The van der Waals surface area contributed by atoms with E-state index in [1.54, 1.807) is 0 Å². The predicted molar refractivity (Wildman–Crippen MR) is 137 cm³/mol. The second-order valence-electron chi connectivity index (χ2n) is 7.34. The second kappa shape index (κ2) is 9.39. The molecule has 162 valence electrons. The number of hydrogen-bond donors (Lipinski definition) is 4. The van der Waals surface area contributed by atoms with Gasteiger partial charge >= 0.3 is 0 Å². The van der Waals surface area contributed by atoms with E-state index in [0.29, 0.717) is 0 Å². The second-order valence-corrected chi connectivity index (χ2v) is 7.34. The van der Waals surface area contributed by atoms with Crippen LogP contribution in [0.4, 0.5) is 22.7 Å². The van der Waals surface area contributed by atoms with Gasteiger partial charge in [-0.2, -0.15) is 0 Å². The van der Waals surface area contributed by atoms with Crippen molar-refractivity contribution >= 4 is 22.7 Å². The van der Waals surface area contributed by atoms with Gasteiger partial charge in [0.05, 0.1) is 45.5 Å². The molecule has 0 spiro atoms. The van der Waals surface area contributed by atoms with Crippen LogP contribution in [0.25, 0.3) is 33.9 Å². The molecule has 2 aromatic heterocycles. The molecule has 4 aromatic rings. The van der Waals surface area contributed by atoms with Crippen molar-refractivity contribution in [2.24, 2.45) is 0 Å². The zero-order valence-corrected chi connectivity index (χ0v) is 18.8. The first-order chi connectivity index (χ1) is 15.7. The smallest absolute Gasteiger partial charge is 0.0893 e. The van der Waals surface area contributed by atoms with Crippen molar-refractivity contribution in [1.29, 1.82) is 0 Å². The van der Waals surface area contributed by atoms with Crippen LogP contribution in [-0.2, 0) is 0 Å². The molecule has 4 N–H and O–H groups in total. The Hall–Kier alpha value is -4.06. The van der Waals surface area contributed by atoms with Gasteiger partial charge in [0.1, 0.15) is 0 Å². The van der Waals surface area contributed by atoms with Crippen molar-refractivity contribution in [2.45, 2.75) is 0 Å². The molecule has 6 heteroatoms. The molecular formula is C26H28N6. The van der Waals surface area contributed by atoms with E-state index in [-0.39, 0.29) is 0 Å². The van der Waals surface area contributed by atoms with Crippen LogP contribution in [0.3, 0.4) is 0 Å². The maximum atomic E-state index is 4.91. The van der Waals surface area contributed by atoms with E-state index in [2.05, 4.69) is 57.7 Å². The maximum absolute atomic E-state index is 4.91. The van der Waals surface area contributed by atoms with Crippen LogP contribution < -0.4 is 21.3 Å². The molecule has 0 radical (unpaired) electrons. The van der Waals surface area contributed by atoms with Crippen molar-refractivity contribution in [3.63, 3.8) is 0 Å². The first kappa shape index (κ1) is 21.2. The average Bonchev–Trinajstić information content (AvgIpc) is 2.87. The molecule has 6 nitrogen and oxygen atoms in total. The molecule has 0 aliphatic carbocycles. The van der Waals surface area contributed by atoms with Crippen LogP contribution >= 0.6 is 0 Å². The first-order valence-corrected chi connectivity index (χ1v) is 10.6. The molecule has 0 amide bonds. The lowest BCUT2D eigenvalue weighted by molar-refractivity contribution is 1.25. The Morgan fingerprint density at radius 3 is 1.19 bits per heavy atom. The topological polar surface area (TPSA) is 73.9 Å². The van der Waals surface area contributed by atoms with Crippen molar-refractivity contribution in [3.05, 3.63) is 72.8 Å². The number of hydrogen-bond acceptors (Lipinski definition) is 6. The first-order valence-electron chi connectivity index (χ1n) is 10.6. The summed E-state index contributed by atoms with van der Waals surface area (Å²) in [7, 11) is 7.67. The SMILES string of the molecule is CNc1ccc(-c2cccc(-c3cccc(-c4ccc(NC)c(NC)c4)n3)n2)cc1NC. The number of nitrogens with zero attached hydrogens (tertiary/aromatic N) is 2. The summed E-state index contributed by atoms with van der Waals surface area (Å²) in [5.41, 5.74) is 9.75. The largest absolute Gasteiger partial charge is 0.386 e. The molecule has 0 fully saturated rings. The van der Waals surface area contributed by atoms with Crippen LogP contribution in [0.5, 0.6) is 0 Å². The summed E-state index contributed by atoms with van der Waals surface area (Å²) in [6.45, 7) is 0. The Labute approximate surface area is 189 Å². The van der Waals surface area contributed by atoms with E-state index in [1.807, 2.05) is 64.6 Å². The van der Waals surface area contributed by atoms with Gasteiger partial charge in [0.15, 0.2) is 0 Å². The number of anilines is 4. The van der Waals surface area contributed by atoms with Gasteiger partial charge in [-0.25, -0.2) is 9.97 Å². The summed E-state index contributed by atoms with van der Waals surface area (Å²) < 4.78 is 0. The van der Waals surface area contributed by atoms with E-state index in [4.69, 9.17) is 9.97 Å². The van der Waals surface area contributed by atoms with E-state index in [1.165, 1.54) is 0 Å². The highest BCUT2D eigenvalue weighted by Gasteiger charge is 2.10. The number of rotatable bonds is 7.